The standard InChI is InChI=1S/C47H29F3N4/c1-28-12-19-45-38(22-28)35-8-5-7-11-43(35)54(45)46-20-14-31(34-17-13-30(27-51)23-29(34)2)24-39(46)37-26-33(16-18-41(37)52-3)53-42-10-6-4-9-36(42)40-25-32(47(48,49)50)15-21-44(40)53/h4-26H,1-2H3. The summed E-state index contributed by atoms with van der Waals surface area (Å²) in [6.45, 7) is 12.4. The molecular weight excluding hydrogens is 678 g/mol. The van der Waals surface area contributed by atoms with Crippen LogP contribution in [0.4, 0.5) is 18.9 Å². The van der Waals surface area contributed by atoms with Crippen LogP contribution in [0.15, 0.2) is 140 Å². The summed E-state index contributed by atoms with van der Waals surface area (Å²) in [5.41, 5.74) is 10.8. The number of alkyl halides is 3. The van der Waals surface area contributed by atoms with Gasteiger partial charge in [-0.25, -0.2) is 4.85 Å². The zero-order chi connectivity index (χ0) is 37.3. The van der Waals surface area contributed by atoms with Crippen molar-refractivity contribution in [2.24, 2.45) is 0 Å². The minimum absolute atomic E-state index is 0.436. The largest absolute Gasteiger partial charge is 0.416 e. The lowest BCUT2D eigenvalue weighted by atomic mass is 9.93. The van der Waals surface area contributed by atoms with Gasteiger partial charge in [0.1, 0.15) is 0 Å². The summed E-state index contributed by atoms with van der Waals surface area (Å²) < 4.78 is 45.9. The smallest absolute Gasteiger partial charge is 0.309 e. The minimum atomic E-state index is -4.48. The van der Waals surface area contributed by atoms with E-state index in [9.17, 15) is 18.4 Å². The summed E-state index contributed by atoms with van der Waals surface area (Å²) in [5, 5.41) is 13.0. The summed E-state index contributed by atoms with van der Waals surface area (Å²) in [5.74, 6) is 0. The molecule has 0 radical (unpaired) electrons. The number of rotatable bonds is 4. The van der Waals surface area contributed by atoms with Crippen LogP contribution in [-0.2, 0) is 6.18 Å². The molecule has 4 nitrogen and oxygen atoms in total. The highest BCUT2D eigenvalue weighted by atomic mass is 19.4. The molecule has 7 aromatic carbocycles. The molecule has 0 aliphatic heterocycles. The topological polar surface area (TPSA) is 38.0 Å². The number of hydrogen-bond acceptors (Lipinski definition) is 1. The minimum Gasteiger partial charge on any atom is -0.309 e. The van der Waals surface area contributed by atoms with Gasteiger partial charge in [0, 0.05) is 27.2 Å². The van der Waals surface area contributed by atoms with Crippen LogP contribution >= 0.6 is 0 Å². The number of hydrogen-bond donors (Lipinski definition) is 0. The molecule has 2 aromatic heterocycles. The van der Waals surface area contributed by atoms with Gasteiger partial charge >= 0.3 is 6.18 Å². The van der Waals surface area contributed by atoms with Crippen molar-refractivity contribution >= 4 is 49.3 Å². The van der Waals surface area contributed by atoms with Crippen molar-refractivity contribution in [3.63, 3.8) is 0 Å². The van der Waals surface area contributed by atoms with Crippen LogP contribution in [0, 0.1) is 31.8 Å². The van der Waals surface area contributed by atoms with Gasteiger partial charge in [-0.3, -0.25) is 0 Å². The summed E-state index contributed by atoms with van der Waals surface area (Å²) in [4.78, 5) is 4.00. The first kappa shape index (κ1) is 32.8. The van der Waals surface area contributed by atoms with Crippen molar-refractivity contribution in [2.75, 3.05) is 0 Å². The molecule has 9 aromatic rings. The van der Waals surface area contributed by atoms with Crippen LogP contribution in [0.1, 0.15) is 22.3 Å². The highest BCUT2D eigenvalue weighted by Crippen LogP contribution is 2.44. The Morgan fingerprint density at radius 3 is 1.96 bits per heavy atom. The zero-order valence-corrected chi connectivity index (χ0v) is 29.2. The quantitative estimate of drug-likeness (QED) is 0.168. The van der Waals surface area contributed by atoms with E-state index in [0.29, 0.717) is 38.8 Å². The van der Waals surface area contributed by atoms with E-state index in [4.69, 9.17) is 6.57 Å². The number of aryl methyl sites for hydroxylation is 2. The SMILES string of the molecule is [C-]#[N+]c1ccc(-n2c3ccccc3c3cc(C(F)(F)F)ccc32)cc1-c1cc(-c2ccc(C#N)cc2C)ccc1-n1c2ccccc2c2cc(C)ccc21. The first-order chi connectivity index (χ1) is 26.1. The number of para-hydroxylation sites is 2. The molecule has 0 spiro atoms. The summed E-state index contributed by atoms with van der Waals surface area (Å²) in [6, 6.07) is 45.8. The predicted molar refractivity (Wildman–Crippen MR) is 211 cm³/mol. The van der Waals surface area contributed by atoms with Crippen LogP contribution in [0.5, 0.6) is 0 Å². The van der Waals surface area contributed by atoms with Gasteiger partial charge in [-0.2, -0.15) is 18.4 Å². The van der Waals surface area contributed by atoms with E-state index in [1.165, 1.54) is 12.1 Å². The van der Waals surface area contributed by atoms with E-state index in [1.54, 1.807) is 6.07 Å². The Morgan fingerprint density at radius 2 is 1.26 bits per heavy atom. The third kappa shape index (κ3) is 5.13. The Kier molecular flexibility index (Phi) is 7.44. The Bertz CT molecular complexity index is 3090. The molecule has 0 amide bonds. The maximum atomic E-state index is 13.9. The highest BCUT2D eigenvalue weighted by Gasteiger charge is 2.31. The fourth-order valence-electron chi connectivity index (χ4n) is 7.92. The molecule has 7 heteroatoms. The average Bonchev–Trinajstić information content (AvgIpc) is 3.69. The second kappa shape index (κ2) is 12.3. The number of nitrogens with zero attached hydrogens (tertiary/aromatic N) is 4. The van der Waals surface area contributed by atoms with Gasteiger partial charge in [-0.1, -0.05) is 66.2 Å². The normalized spacial score (nSPS) is 11.8. The Labute approximate surface area is 309 Å². The number of nitriles is 1. The lowest BCUT2D eigenvalue weighted by Gasteiger charge is -2.19. The number of aromatic nitrogens is 2. The predicted octanol–water partition coefficient (Wildman–Crippen LogP) is 13.3. The third-order valence-corrected chi connectivity index (χ3v) is 10.4. The van der Waals surface area contributed by atoms with Crippen molar-refractivity contribution in [3.05, 3.63) is 173 Å². The maximum Gasteiger partial charge on any atom is 0.416 e. The summed E-state index contributed by atoms with van der Waals surface area (Å²) >= 11 is 0. The monoisotopic (exact) mass is 706 g/mol. The molecule has 54 heavy (non-hydrogen) atoms. The van der Waals surface area contributed by atoms with Gasteiger partial charge in [0.25, 0.3) is 0 Å². The summed E-state index contributed by atoms with van der Waals surface area (Å²) in [7, 11) is 0. The van der Waals surface area contributed by atoms with Crippen LogP contribution in [-0.4, -0.2) is 9.13 Å². The van der Waals surface area contributed by atoms with Gasteiger partial charge in [-0.15, -0.1) is 0 Å². The van der Waals surface area contributed by atoms with Gasteiger partial charge in [0.15, 0.2) is 5.69 Å². The highest BCUT2D eigenvalue weighted by molar-refractivity contribution is 6.11. The van der Waals surface area contributed by atoms with E-state index >= 15 is 0 Å². The second-order valence-electron chi connectivity index (χ2n) is 13.6. The molecule has 0 bridgehead atoms. The number of fused-ring (bicyclic) bond motifs is 6. The molecule has 9 rings (SSSR count). The molecule has 0 saturated heterocycles. The molecule has 258 valence electrons. The Morgan fingerprint density at radius 1 is 0.593 bits per heavy atom. The molecule has 0 unspecified atom stereocenters. The zero-order valence-electron chi connectivity index (χ0n) is 29.2. The van der Waals surface area contributed by atoms with Gasteiger partial charge < -0.3 is 9.13 Å². The molecule has 0 N–H and O–H groups in total. The van der Waals surface area contributed by atoms with Gasteiger partial charge in [0.05, 0.1) is 51.5 Å². The first-order valence-electron chi connectivity index (χ1n) is 17.4. The van der Waals surface area contributed by atoms with Crippen molar-refractivity contribution < 1.29 is 13.2 Å². The lowest BCUT2D eigenvalue weighted by molar-refractivity contribution is -0.137. The van der Waals surface area contributed by atoms with Crippen molar-refractivity contribution in [3.8, 4) is 39.7 Å². The number of halogens is 3. The first-order valence-corrected chi connectivity index (χ1v) is 17.4. The lowest BCUT2D eigenvalue weighted by Crippen LogP contribution is -2.04. The summed E-state index contributed by atoms with van der Waals surface area (Å²) in [6.07, 6.45) is -4.48. The van der Waals surface area contributed by atoms with Crippen LogP contribution in [0.3, 0.4) is 0 Å². The molecule has 0 aliphatic carbocycles. The van der Waals surface area contributed by atoms with Crippen molar-refractivity contribution in [1.29, 1.82) is 5.26 Å². The van der Waals surface area contributed by atoms with Gasteiger partial charge in [0.2, 0.25) is 0 Å². The number of benzene rings is 7. The molecule has 0 fully saturated rings. The average molecular weight is 707 g/mol. The molecule has 0 saturated carbocycles. The molecule has 0 atom stereocenters. The third-order valence-electron chi connectivity index (χ3n) is 10.4. The van der Waals surface area contributed by atoms with E-state index in [0.717, 1.165) is 66.9 Å². The van der Waals surface area contributed by atoms with Crippen molar-refractivity contribution in [1.82, 2.24) is 9.13 Å². The maximum absolute atomic E-state index is 13.9. The molecule has 0 aliphatic rings. The Balaban J connectivity index is 1.36. The van der Waals surface area contributed by atoms with E-state index in [1.807, 2.05) is 78.2 Å². The molecule has 2 heterocycles. The van der Waals surface area contributed by atoms with E-state index in [2.05, 4.69) is 70.9 Å². The second-order valence-corrected chi connectivity index (χ2v) is 13.6. The van der Waals surface area contributed by atoms with Gasteiger partial charge in [-0.05, 0) is 121 Å². The Hall–Kier alpha value is -7.09. The van der Waals surface area contributed by atoms with Crippen LogP contribution in [0.25, 0.3) is 82.1 Å². The van der Waals surface area contributed by atoms with Crippen LogP contribution < -0.4 is 0 Å². The molecular formula is C47H29F3N4. The van der Waals surface area contributed by atoms with Crippen LogP contribution in [0.2, 0.25) is 0 Å². The fourth-order valence-corrected chi connectivity index (χ4v) is 7.92. The van der Waals surface area contributed by atoms with E-state index < -0.39 is 11.7 Å². The fraction of sp³-hybridized carbons (Fsp3) is 0.0638. The van der Waals surface area contributed by atoms with Crippen molar-refractivity contribution in [2.45, 2.75) is 20.0 Å². The van der Waals surface area contributed by atoms with E-state index in [-0.39, 0.29) is 0 Å².